The van der Waals surface area contributed by atoms with Crippen molar-refractivity contribution < 1.29 is 19.1 Å². The van der Waals surface area contributed by atoms with Crippen LogP contribution in [0.15, 0.2) is 29.8 Å². The third kappa shape index (κ3) is 5.87. The molecule has 1 saturated heterocycles. The Bertz CT molecular complexity index is 1070. The second kappa shape index (κ2) is 10.4. The molecule has 2 fully saturated rings. The number of amides is 2. The van der Waals surface area contributed by atoms with E-state index in [1.165, 1.54) is 18.4 Å². The van der Waals surface area contributed by atoms with Gasteiger partial charge in [0.25, 0.3) is 5.91 Å². The van der Waals surface area contributed by atoms with Crippen molar-refractivity contribution >= 4 is 29.1 Å². The van der Waals surface area contributed by atoms with Gasteiger partial charge in [-0.25, -0.2) is 4.98 Å². The molecule has 0 unspecified atom stereocenters. The van der Waals surface area contributed by atoms with E-state index >= 15 is 0 Å². The Labute approximate surface area is 209 Å². The zero-order valence-electron chi connectivity index (χ0n) is 20.6. The lowest BCUT2D eigenvalue weighted by molar-refractivity contribution is -0.151. The van der Waals surface area contributed by atoms with Gasteiger partial charge in [0.2, 0.25) is 5.91 Å². The van der Waals surface area contributed by atoms with Crippen molar-refractivity contribution in [2.75, 3.05) is 13.7 Å². The van der Waals surface area contributed by atoms with Crippen molar-refractivity contribution in [3.05, 3.63) is 34.8 Å². The molecular weight excluding hydrogens is 466 g/mol. The molecule has 3 heterocycles. The maximum Gasteiger partial charge on any atom is 0.310 e. The normalized spacial score (nSPS) is 24.9. The molecule has 10 heteroatoms. The standard InChI is InChI=1S/C25H33N5O4S/c1-25(2,3)29-15-8-9-20(16(13-15)24(33)34-4)30-12-10-18(23(30)32)27-21(31)22-28-19(14-35-22)17-7-5-6-11-26-17/h5-7,11,14-16,18,20,29H,8-10,12-13H2,1-4H3,(H,27,31)/t15-,16-,18+,20+/m1/s1. The second-order valence-electron chi connectivity index (χ2n) is 10.2. The Morgan fingerprint density at radius 1 is 1.17 bits per heavy atom. The van der Waals surface area contributed by atoms with Crippen molar-refractivity contribution in [2.45, 2.75) is 70.1 Å². The highest BCUT2D eigenvalue weighted by Crippen LogP contribution is 2.33. The van der Waals surface area contributed by atoms with E-state index < -0.39 is 12.0 Å². The number of aromatic nitrogens is 2. The fraction of sp³-hybridized carbons (Fsp3) is 0.560. The molecule has 188 valence electrons. The van der Waals surface area contributed by atoms with Crippen molar-refractivity contribution in [1.82, 2.24) is 25.5 Å². The number of ether oxygens (including phenoxy) is 1. The molecule has 35 heavy (non-hydrogen) atoms. The molecule has 2 N–H and O–H groups in total. The Hall–Kier alpha value is -2.85. The maximum absolute atomic E-state index is 13.3. The number of thiazole rings is 1. The number of likely N-dealkylation sites (tertiary alicyclic amines) is 1. The number of carbonyl (C=O) groups excluding carboxylic acids is 3. The molecule has 2 aromatic heterocycles. The Morgan fingerprint density at radius 2 is 1.97 bits per heavy atom. The highest BCUT2D eigenvalue weighted by Gasteiger charge is 2.45. The van der Waals surface area contributed by atoms with Crippen molar-refractivity contribution in [3.63, 3.8) is 0 Å². The van der Waals surface area contributed by atoms with Gasteiger partial charge in [-0.1, -0.05) is 6.07 Å². The summed E-state index contributed by atoms with van der Waals surface area (Å²) in [5, 5.41) is 8.50. The minimum atomic E-state index is -0.631. The molecule has 2 aromatic rings. The van der Waals surface area contributed by atoms with E-state index in [1.54, 1.807) is 16.5 Å². The topological polar surface area (TPSA) is 114 Å². The Kier molecular flexibility index (Phi) is 7.51. The highest BCUT2D eigenvalue weighted by molar-refractivity contribution is 7.12. The second-order valence-corrected chi connectivity index (χ2v) is 11.1. The van der Waals surface area contributed by atoms with Gasteiger partial charge in [-0.2, -0.15) is 0 Å². The van der Waals surface area contributed by atoms with Crippen LogP contribution in [0, 0.1) is 5.92 Å². The first-order valence-electron chi connectivity index (χ1n) is 12.0. The Morgan fingerprint density at radius 3 is 2.66 bits per heavy atom. The fourth-order valence-corrected chi connectivity index (χ4v) is 5.78. The van der Waals surface area contributed by atoms with Gasteiger partial charge in [0.15, 0.2) is 5.01 Å². The first kappa shape index (κ1) is 25.2. The summed E-state index contributed by atoms with van der Waals surface area (Å²) < 4.78 is 5.09. The summed E-state index contributed by atoms with van der Waals surface area (Å²) in [6, 6.07) is 4.83. The first-order valence-corrected chi connectivity index (χ1v) is 12.9. The van der Waals surface area contributed by atoms with Crippen LogP contribution in [0.1, 0.15) is 56.3 Å². The van der Waals surface area contributed by atoms with E-state index in [4.69, 9.17) is 4.74 Å². The van der Waals surface area contributed by atoms with Gasteiger partial charge in [0, 0.05) is 35.7 Å². The van der Waals surface area contributed by atoms with Gasteiger partial charge >= 0.3 is 5.97 Å². The van der Waals surface area contributed by atoms with Crippen molar-refractivity contribution in [1.29, 1.82) is 0 Å². The largest absolute Gasteiger partial charge is 0.469 e. The average Bonchev–Trinajstić information content (AvgIpc) is 3.46. The van der Waals surface area contributed by atoms with Crippen LogP contribution >= 0.6 is 11.3 Å². The van der Waals surface area contributed by atoms with Crippen LogP contribution in [-0.2, 0) is 14.3 Å². The third-order valence-electron chi connectivity index (χ3n) is 6.53. The predicted molar refractivity (Wildman–Crippen MR) is 133 cm³/mol. The zero-order chi connectivity index (χ0) is 25.2. The molecule has 9 nitrogen and oxygen atoms in total. The van der Waals surface area contributed by atoms with E-state index in [0.29, 0.717) is 37.2 Å². The monoisotopic (exact) mass is 499 g/mol. The third-order valence-corrected chi connectivity index (χ3v) is 7.37. The SMILES string of the molecule is COC(=O)[C@@H]1C[C@H](NC(C)(C)C)CC[C@@H]1N1CC[C@H](NC(=O)c2nc(-c3ccccn3)cs2)C1=O. The van der Waals surface area contributed by atoms with Crippen LogP contribution in [0.2, 0.25) is 0 Å². The van der Waals surface area contributed by atoms with Gasteiger partial charge < -0.3 is 20.3 Å². The number of hydrogen-bond acceptors (Lipinski definition) is 8. The summed E-state index contributed by atoms with van der Waals surface area (Å²) >= 11 is 1.22. The van der Waals surface area contributed by atoms with Gasteiger partial charge in [0.05, 0.1) is 18.7 Å². The molecule has 1 aliphatic carbocycles. The lowest BCUT2D eigenvalue weighted by atomic mass is 9.80. The number of esters is 1. The summed E-state index contributed by atoms with van der Waals surface area (Å²) in [4.78, 5) is 49.2. The lowest BCUT2D eigenvalue weighted by Crippen LogP contribution is -2.55. The number of nitrogens with zero attached hydrogens (tertiary/aromatic N) is 3. The summed E-state index contributed by atoms with van der Waals surface area (Å²) in [7, 11) is 1.39. The number of nitrogens with one attached hydrogen (secondary N) is 2. The molecule has 1 saturated carbocycles. The van der Waals surface area contributed by atoms with Gasteiger partial charge in [-0.3, -0.25) is 19.4 Å². The molecule has 4 rings (SSSR count). The van der Waals surface area contributed by atoms with E-state index in [-0.39, 0.29) is 40.4 Å². The minimum Gasteiger partial charge on any atom is -0.469 e. The zero-order valence-corrected chi connectivity index (χ0v) is 21.4. The van der Waals surface area contributed by atoms with Crippen molar-refractivity contribution in [3.8, 4) is 11.4 Å². The number of pyridine rings is 1. The fourth-order valence-electron chi connectivity index (χ4n) is 5.07. The predicted octanol–water partition coefficient (Wildman–Crippen LogP) is 2.63. The lowest BCUT2D eigenvalue weighted by Gasteiger charge is -2.41. The molecule has 0 radical (unpaired) electrons. The molecule has 0 spiro atoms. The van der Waals surface area contributed by atoms with Gasteiger partial charge in [-0.15, -0.1) is 11.3 Å². The number of rotatable bonds is 6. The molecule has 1 aliphatic heterocycles. The summed E-state index contributed by atoms with van der Waals surface area (Å²) in [6.07, 6.45) is 4.36. The smallest absolute Gasteiger partial charge is 0.310 e. The molecule has 0 bridgehead atoms. The minimum absolute atomic E-state index is 0.0662. The Balaban J connectivity index is 1.41. The molecule has 0 aromatic carbocycles. The number of carbonyl (C=O) groups is 3. The highest BCUT2D eigenvalue weighted by atomic mass is 32.1. The summed E-state index contributed by atoms with van der Waals surface area (Å²) in [5.74, 6) is -1.21. The van der Waals surface area contributed by atoms with Crippen LogP contribution in [0.4, 0.5) is 0 Å². The van der Waals surface area contributed by atoms with Crippen LogP contribution in [-0.4, -0.2) is 70.0 Å². The summed E-state index contributed by atoms with van der Waals surface area (Å²) in [5.41, 5.74) is 1.25. The van der Waals surface area contributed by atoms with E-state index in [1.807, 2.05) is 18.2 Å². The van der Waals surface area contributed by atoms with E-state index in [0.717, 1.165) is 6.42 Å². The number of methoxy groups -OCH3 is 1. The molecule has 2 aliphatic rings. The van der Waals surface area contributed by atoms with Crippen LogP contribution in [0.3, 0.4) is 0 Å². The van der Waals surface area contributed by atoms with Gasteiger partial charge in [-0.05, 0) is 58.6 Å². The maximum atomic E-state index is 13.3. The molecule has 2 amide bonds. The van der Waals surface area contributed by atoms with Crippen LogP contribution in [0.25, 0.3) is 11.4 Å². The molecule has 4 atom stereocenters. The summed E-state index contributed by atoms with van der Waals surface area (Å²) in [6.45, 7) is 6.80. The van der Waals surface area contributed by atoms with Crippen LogP contribution < -0.4 is 10.6 Å². The first-order chi connectivity index (χ1) is 16.7. The van der Waals surface area contributed by atoms with Crippen LogP contribution in [0.5, 0.6) is 0 Å². The van der Waals surface area contributed by atoms with E-state index in [9.17, 15) is 14.4 Å². The number of hydrogen-bond donors (Lipinski definition) is 2. The van der Waals surface area contributed by atoms with Crippen molar-refractivity contribution in [2.24, 2.45) is 5.92 Å². The average molecular weight is 500 g/mol. The quantitative estimate of drug-likeness (QED) is 0.588. The van der Waals surface area contributed by atoms with Gasteiger partial charge in [0.1, 0.15) is 11.7 Å². The van der Waals surface area contributed by atoms with E-state index in [2.05, 4.69) is 41.4 Å². The molecular formula is C25H33N5O4S.